The number of thiophene rings is 1. The lowest BCUT2D eigenvalue weighted by Crippen LogP contribution is -2.23. The second-order valence-electron chi connectivity index (χ2n) is 3.30. The minimum Gasteiger partial charge on any atom is -0.387 e. The van der Waals surface area contributed by atoms with E-state index in [4.69, 9.17) is 4.42 Å². The zero-order chi connectivity index (χ0) is 12.3. The van der Waals surface area contributed by atoms with Gasteiger partial charge in [-0.3, -0.25) is 4.79 Å². The van der Waals surface area contributed by atoms with E-state index in [0.29, 0.717) is 5.89 Å². The molecule has 1 N–H and O–H groups in total. The molecule has 0 atom stereocenters. The van der Waals surface area contributed by atoms with E-state index >= 15 is 0 Å². The van der Waals surface area contributed by atoms with Gasteiger partial charge in [-0.1, -0.05) is 6.07 Å². The second-order valence-corrected chi connectivity index (χ2v) is 4.24. The van der Waals surface area contributed by atoms with Crippen molar-refractivity contribution in [3.8, 4) is 10.8 Å². The first-order valence-electron chi connectivity index (χ1n) is 5.03. The third-order valence-electron chi connectivity index (χ3n) is 2.17. The smallest absolute Gasteiger partial charge is 0.387 e. The van der Waals surface area contributed by atoms with Crippen LogP contribution in [0.5, 0.6) is 0 Å². The van der Waals surface area contributed by atoms with Gasteiger partial charge in [0.1, 0.15) is 0 Å². The molecule has 0 aliphatic heterocycles. The van der Waals surface area contributed by atoms with E-state index in [1.807, 2.05) is 17.5 Å². The Balaban J connectivity index is 2.14. The molecule has 2 aromatic heterocycles. The van der Waals surface area contributed by atoms with Crippen molar-refractivity contribution >= 4 is 17.2 Å². The van der Waals surface area contributed by atoms with E-state index < -0.39 is 5.76 Å². The topological polar surface area (TPSA) is 77.1 Å². The van der Waals surface area contributed by atoms with Crippen LogP contribution in [-0.2, 0) is 11.3 Å². The number of carbonyl (C=O) groups is 1. The number of hydrogen-bond acceptors (Lipinski definition) is 5. The molecule has 2 heterocycles. The van der Waals surface area contributed by atoms with E-state index in [1.54, 1.807) is 7.05 Å². The Bertz CT molecular complexity index is 556. The van der Waals surface area contributed by atoms with Gasteiger partial charge in [-0.25, -0.2) is 4.79 Å². The maximum atomic E-state index is 11.4. The van der Waals surface area contributed by atoms with Crippen molar-refractivity contribution in [3.05, 3.63) is 28.1 Å². The van der Waals surface area contributed by atoms with Gasteiger partial charge in [-0.05, 0) is 11.4 Å². The van der Waals surface area contributed by atoms with Gasteiger partial charge in [0.2, 0.25) is 5.91 Å². The van der Waals surface area contributed by atoms with Gasteiger partial charge in [0.05, 0.1) is 11.4 Å². The SMILES string of the molecule is CNC(=O)CCn1nc(-c2cccs2)oc1=O. The van der Waals surface area contributed by atoms with Gasteiger partial charge in [-0.15, -0.1) is 16.4 Å². The van der Waals surface area contributed by atoms with Gasteiger partial charge in [0.25, 0.3) is 5.89 Å². The van der Waals surface area contributed by atoms with Crippen molar-refractivity contribution in [1.82, 2.24) is 15.1 Å². The van der Waals surface area contributed by atoms with Crippen LogP contribution in [0.2, 0.25) is 0 Å². The number of aromatic nitrogens is 2. The van der Waals surface area contributed by atoms with E-state index in [9.17, 15) is 9.59 Å². The molecule has 0 bridgehead atoms. The molecule has 6 nitrogen and oxygen atoms in total. The molecule has 0 unspecified atom stereocenters. The van der Waals surface area contributed by atoms with E-state index in [0.717, 1.165) is 9.56 Å². The van der Waals surface area contributed by atoms with Crippen LogP contribution in [0.3, 0.4) is 0 Å². The number of nitrogens with one attached hydrogen (secondary N) is 1. The fourth-order valence-corrected chi connectivity index (χ4v) is 1.92. The van der Waals surface area contributed by atoms with Crippen LogP contribution in [0.1, 0.15) is 6.42 Å². The molecule has 2 rings (SSSR count). The number of aryl methyl sites for hydroxylation is 1. The Morgan fingerprint density at radius 1 is 1.65 bits per heavy atom. The summed E-state index contributed by atoms with van der Waals surface area (Å²) in [6.45, 7) is 0.216. The minimum atomic E-state index is -0.544. The monoisotopic (exact) mass is 253 g/mol. The molecule has 0 fully saturated rings. The van der Waals surface area contributed by atoms with Gasteiger partial charge < -0.3 is 9.73 Å². The summed E-state index contributed by atoms with van der Waals surface area (Å²) >= 11 is 1.44. The molecule has 17 heavy (non-hydrogen) atoms. The normalized spacial score (nSPS) is 10.4. The summed E-state index contributed by atoms with van der Waals surface area (Å²) in [7, 11) is 1.55. The highest BCUT2D eigenvalue weighted by atomic mass is 32.1. The summed E-state index contributed by atoms with van der Waals surface area (Å²) < 4.78 is 6.16. The first-order chi connectivity index (χ1) is 8.20. The number of rotatable bonds is 4. The van der Waals surface area contributed by atoms with Crippen LogP contribution < -0.4 is 11.1 Å². The molecule has 0 saturated carbocycles. The minimum absolute atomic E-state index is 0.141. The fourth-order valence-electron chi connectivity index (χ4n) is 1.28. The quantitative estimate of drug-likeness (QED) is 0.870. The molecular formula is C10H11N3O3S. The molecule has 0 radical (unpaired) electrons. The lowest BCUT2D eigenvalue weighted by atomic mass is 10.4. The summed E-state index contributed by atoms with van der Waals surface area (Å²) in [5.41, 5.74) is 0. The fraction of sp³-hybridized carbons (Fsp3) is 0.300. The van der Waals surface area contributed by atoms with E-state index in [2.05, 4.69) is 10.4 Å². The maximum Gasteiger partial charge on any atom is 0.437 e. The predicted molar refractivity (Wildman–Crippen MR) is 62.8 cm³/mol. The first kappa shape index (κ1) is 11.6. The van der Waals surface area contributed by atoms with Crippen LogP contribution >= 0.6 is 11.3 Å². The molecule has 90 valence electrons. The van der Waals surface area contributed by atoms with Gasteiger partial charge >= 0.3 is 5.76 Å². The number of amides is 1. The molecule has 0 aliphatic carbocycles. The standard InChI is InChI=1S/C10H11N3O3S/c1-11-8(14)4-5-13-10(15)16-9(12-13)7-3-2-6-17-7/h2-3,6H,4-5H2,1H3,(H,11,14). The van der Waals surface area contributed by atoms with E-state index in [1.165, 1.54) is 11.3 Å². The number of carbonyl (C=O) groups excluding carboxylic acids is 1. The highest BCUT2D eigenvalue weighted by Gasteiger charge is 2.11. The Hall–Kier alpha value is -1.89. The Morgan fingerprint density at radius 3 is 3.12 bits per heavy atom. The molecule has 1 amide bonds. The van der Waals surface area contributed by atoms with Gasteiger partial charge in [-0.2, -0.15) is 4.68 Å². The second kappa shape index (κ2) is 4.96. The molecule has 0 aromatic carbocycles. The van der Waals surface area contributed by atoms with Crippen LogP contribution in [0.25, 0.3) is 10.8 Å². The highest BCUT2D eigenvalue weighted by Crippen LogP contribution is 2.20. The number of nitrogens with zero attached hydrogens (tertiary/aromatic N) is 2. The lowest BCUT2D eigenvalue weighted by Gasteiger charge is -1.97. The highest BCUT2D eigenvalue weighted by molar-refractivity contribution is 7.13. The van der Waals surface area contributed by atoms with Crippen LogP contribution in [-0.4, -0.2) is 22.7 Å². The predicted octanol–water partition coefficient (Wildman–Crippen LogP) is 0.701. The van der Waals surface area contributed by atoms with Crippen molar-refractivity contribution in [2.75, 3.05) is 7.05 Å². The largest absolute Gasteiger partial charge is 0.437 e. The summed E-state index contributed by atoms with van der Waals surface area (Å²) in [6.07, 6.45) is 0.201. The summed E-state index contributed by atoms with van der Waals surface area (Å²) in [5.74, 6) is -0.392. The van der Waals surface area contributed by atoms with Crippen LogP contribution in [0.4, 0.5) is 0 Å². The lowest BCUT2D eigenvalue weighted by molar-refractivity contribution is -0.120. The molecule has 0 spiro atoms. The molecule has 7 heteroatoms. The maximum absolute atomic E-state index is 11.4. The molecular weight excluding hydrogens is 242 g/mol. The van der Waals surface area contributed by atoms with E-state index in [-0.39, 0.29) is 18.9 Å². The average Bonchev–Trinajstić information content (AvgIpc) is 2.95. The number of hydrogen-bond donors (Lipinski definition) is 1. The molecule has 0 aliphatic rings. The van der Waals surface area contributed by atoms with Gasteiger partial charge in [0.15, 0.2) is 0 Å². The zero-order valence-corrected chi connectivity index (χ0v) is 9.99. The third kappa shape index (κ3) is 2.62. The van der Waals surface area contributed by atoms with Gasteiger partial charge in [0, 0.05) is 13.5 Å². The van der Waals surface area contributed by atoms with Crippen LogP contribution in [0.15, 0.2) is 26.7 Å². The first-order valence-corrected chi connectivity index (χ1v) is 5.91. The summed E-state index contributed by atoms with van der Waals surface area (Å²) in [5, 5.41) is 8.38. The Morgan fingerprint density at radius 2 is 2.47 bits per heavy atom. The molecule has 2 aromatic rings. The van der Waals surface area contributed by atoms with Crippen molar-refractivity contribution in [2.45, 2.75) is 13.0 Å². The van der Waals surface area contributed by atoms with Crippen molar-refractivity contribution in [1.29, 1.82) is 0 Å². The van der Waals surface area contributed by atoms with Crippen molar-refractivity contribution in [3.63, 3.8) is 0 Å². The zero-order valence-electron chi connectivity index (χ0n) is 9.17. The van der Waals surface area contributed by atoms with Crippen LogP contribution in [0, 0.1) is 0 Å². The Kier molecular flexibility index (Phi) is 3.38. The summed E-state index contributed by atoms with van der Waals surface area (Å²) in [4.78, 5) is 23.3. The third-order valence-corrected chi connectivity index (χ3v) is 3.03. The average molecular weight is 253 g/mol. The Labute approximate surface area is 101 Å². The van der Waals surface area contributed by atoms with Crippen molar-refractivity contribution in [2.24, 2.45) is 0 Å². The van der Waals surface area contributed by atoms with Crippen molar-refractivity contribution < 1.29 is 9.21 Å². The summed E-state index contributed by atoms with van der Waals surface area (Å²) in [6, 6.07) is 3.67. The molecule has 0 saturated heterocycles.